The third kappa shape index (κ3) is 3.02. The predicted molar refractivity (Wildman–Crippen MR) is 111 cm³/mol. The van der Waals surface area contributed by atoms with Crippen molar-refractivity contribution in [2.24, 2.45) is 0 Å². The summed E-state index contributed by atoms with van der Waals surface area (Å²) < 4.78 is 5.35. The van der Waals surface area contributed by atoms with Crippen LogP contribution in [0.25, 0.3) is 10.8 Å². The van der Waals surface area contributed by atoms with Gasteiger partial charge in [-0.05, 0) is 44.6 Å². The number of likely N-dealkylation sites (tertiary alicyclic amines) is 2. The Labute approximate surface area is 170 Å². The zero-order chi connectivity index (χ0) is 20.0. The lowest BCUT2D eigenvalue weighted by Crippen LogP contribution is -2.67. The lowest BCUT2D eigenvalue weighted by molar-refractivity contribution is -0.0651. The second kappa shape index (κ2) is 6.95. The molecule has 6 heteroatoms. The van der Waals surface area contributed by atoms with E-state index in [1.807, 2.05) is 49.1 Å². The molecule has 2 aromatic heterocycles. The molecule has 4 heterocycles. The Hall–Kier alpha value is -2.73. The van der Waals surface area contributed by atoms with Crippen molar-refractivity contribution < 1.29 is 9.32 Å². The van der Waals surface area contributed by atoms with Crippen molar-refractivity contribution in [3.05, 3.63) is 59.2 Å². The fourth-order valence-corrected chi connectivity index (χ4v) is 4.94. The van der Waals surface area contributed by atoms with Gasteiger partial charge in [-0.1, -0.05) is 29.4 Å². The number of carbonyl (C=O) groups is 1. The molecule has 150 valence electrons. The molecule has 0 N–H and O–H groups in total. The number of pyridine rings is 1. The molecule has 0 bridgehead atoms. The predicted octanol–water partition coefficient (Wildman–Crippen LogP) is 3.72. The van der Waals surface area contributed by atoms with Gasteiger partial charge in [0.05, 0.1) is 5.69 Å². The van der Waals surface area contributed by atoms with E-state index < -0.39 is 0 Å². The van der Waals surface area contributed by atoms with Crippen LogP contribution in [-0.4, -0.2) is 51.0 Å². The van der Waals surface area contributed by atoms with Crippen molar-refractivity contribution in [2.45, 2.75) is 45.2 Å². The van der Waals surface area contributed by atoms with Crippen LogP contribution in [0.15, 0.2) is 41.1 Å². The smallest absolute Gasteiger partial charge is 0.273 e. The number of hydrogen-bond acceptors (Lipinski definition) is 5. The molecule has 1 spiro atoms. The molecule has 2 aliphatic rings. The summed E-state index contributed by atoms with van der Waals surface area (Å²) in [5, 5.41) is 6.09. The van der Waals surface area contributed by atoms with Crippen LogP contribution in [0.3, 0.4) is 0 Å². The molecule has 5 rings (SSSR count). The third-order valence-corrected chi connectivity index (χ3v) is 6.77. The molecule has 2 aliphatic heterocycles. The molecule has 0 radical (unpaired) electrons. The molecule has 0 saturated carbocycles. The molecule has 6 nitrogen and oxygen atoms in total. The van der Waals surface area contributed by atoms with E-state index in [0.717, 1.165) is 67.7 Å². The Morgan fingerprint density at radius 1 is 1.17 bits per heavy atom. The first kappa shape index (κ1) is 18.3. The van der Waals surface area contributed by atoms with Crippen LogP contribution >= 0.6 is 0 Å². The Morgan fingerprint density at radius 3 is 2.79 bits per heavy atom. The summed E-state index contributed by atoms with van der Waals surface area (Å²) in [5.74, 6) is 0.943. The van der Waals surface area contributed by atoms with Gasteiger partial charge in [0, 0.05) is 48.9 Å². The van der Waals surface area contributed by atoms with Crippen LogP contribution < -0.4 is 0 Å². The number of aryl methyl sites for hydroxylation is 2. The summed E-state index contributed by atoms with van der Waals surface area (Å²) in [5.41, 5.74) is 2.78. The number of carbonyl (C=O) groups excluding carboxylic acids is 1. The molecule has 3 aromatic rings. The number of amides is 1. The SMILES string of the molecule is Cc1noc(C)c1CN1CC[C@@]12CCCN(C(=O)c1nccc3ccccc13)C2. The van der Waals surface area contributed by atoms with E-state index in [4.69, 9.17) is 4.52 Å². The normalized spacial score (nSPS) is 22.2. The molecule has 2 fully saturated rings. The van der Waals surface area contributed by atoms with E-state index >= 15 is 0 Å². The van der Waals surface area contributed by atoms with E-state index in [2.05, 4.69) is 15.0 Å². The van der Waals surface area contributed by atoms with Gasteiger partial charge >= 0.3 is 0 Å². The molecule has 1 amide bonds. The Kier molecular flexibility index (Phi) is 4.39. The van der Waals surface area contributed by atoms with Gasteiger partial charge in [0.25, 0.3) is 5.91 Å². The van der Waals surface area contributed by atoms with Gasteiger partial charge < -0.3 is 9.42 Å². The van der Waals surface area contributed by atoms with Crippen LogP contribution in [0.1, 0.15) is 46.8 Å². The number of benzene rings is 1. The summed E-state index contributed by atoms with van der Waals surface area (Å²) in [6.45, 7) is 7.44. The topological polar surface area (TPSA) is 62.5 Å². The van der Waals surface area contributed by atoms with Crippen LogP contribution in [0.4, 0.5) is 0 Å². The molecule has 0 unspecified atom stereocenters. The maximum absolute atomic E-state index is 13.4. The van der Waals surface area contributed by atoms with Crippen LogP contribution in [0.5, 0.6) is 0 Å². The molecule has 2 saturated heterocycles. The molecule has 1 atom stereocenters. The van der Waals surface area contributed by atoms with E-state index in [1.165, 1.54) is 5.56 Å². The number of nitrogens with zero attached hydrogens (tertiary/aromatic N) is 4. The highest BCUT2D eigenvalue weighted by molar-refractivity contribution is 6.05. The van der Waals surface area contributed by atoms with E-state index in [9.17, 15) is 4.79 Å². The van der Waals surface area contributed by atoms with Crippen molar-refractivity contribution in [2.75, 3.05) is 19.6 Å². The number of aromatic nitrogens is 2. The number of hydrogen-bond donors (Lipinski definition) is 0. The summed E-state index contributed by atoms with van der Waals surface area (Å²) in [6, 6.07) is 9.94. The fourth-order valence-electron chi connectivity index (χ4n) is 4.94. The standard InChI is InChI=1S/C23H26N4O2/c1-16-20(17(2)29-25-16)14-27-13-10-23(27)9-5-12-26(15-23)22(28)21-19-7-4-3-6-18(19)8-11-24-21/h3-4,6-8,11H,5,9-10,12-15H2,1-2H3/t23-/m1/s1. The van der Waals surface area contributed by atoms with Crippen LogP contribution in [0.2, 0.25) is 0 Å². The Morgan fingerprint density at radius 2 is 2.03 bits per heavy atom. The first-order valence-electron chi connectivity index (χ1n) is 10.4. The summed E-state index contributed by atoms with van der Waals surface area (Å²) in [4.78, 5) is 22.4. The molecular weight excluding hydrogens is 364 g/mol. The van der Waals surface area contributed by atoms with Gasteiger partial charge in [-0.3, -0.25) is 14.7 Å². The first-order chi connectivity index (χ1) is 14.1. The minimum atomic E-state index is 0.0464. The van der Waals surface area contributed by atoms with Crippen LogP contribution in [0, 0.1) is 13.8 Å². The van der Waals surface area contributed by atoms with Gasteiger partial charge in [0.2, 0.25) is 0 Å². The van der Waals surface area contributed by atoms with Gasteiger partial charge in [0.15, 0.2) is 0 Å². The zero-order valence-corrected chi connectivity index (χ0v) is 17.0. The minimum absolute atomic E-state index is 0.0464. The molecule has 1 aromatic carbocycles. The summed E-state index contributed by atoms with van der Waals surface area (Å²) in [6.07, 6.45) is 5.02. The largest absolute Gasteiger partial charge is 0.361 e. The minimum Gasteiger partial charge on any atom is -0.361 e. The van der Waals surface area contributed by atoms with Gasteiger partial charge in [-0.25, -0.2) is 0 Å². The molecular formula is C23H26N4O2. The highest BCUT2D eigenvalue weighted by atomic mass is 16.5. The summed E-state index contributed by atoms with van der Waals surface area (Å²) in [7, 11) is 0. The quantitative estimate of drug-likeness (QED) is 0.682. The second-order valence-electron chi connectivity index (χ2n) is 8.41. The second-order valence-corrected chi connectivity index (χ2v) is 8.41. The van der Waals surface area contributed by atoms with Crippen LogP contribution in [-0.2, 0) is 6.54 Å². The first-order valence-corrected chi connectivity index (χ1v) is 10.4. The molecule has 29 heavy (non-hydrogen) atoms. The van der Waals surface area contributed by atoms with Gasteiger partial charge in [-0.2, -0.15) is 0 Å². The highest BCUT2D eigenvalue weighted by Gasteiger charge is 2.48. The van der Waals surface area contributed by atoms with Crippen molar-refractivity contribution in [3.63, 3.8) is 0 Å². The average molecular weight is 390 g/mol. The third-order valence-electron chi connectivity index (χ3n) is 6.77. The summed E-state index contributed by atoms with van der Waals surface area (Å²) >= 11 is 0. The number of piperidine rings is 1. The Bertz CT molecular complexity index is 1050. The maximum Gasteiger partial charge on any atom is 0.273 e. The van der Waals surface area contributed by atoms with Gasteiger partial charge in [0.1, 0.15) is 11.5 Å². The number of rotatable bonds is 3. The molecule has 0 aliphatic carbocycles. The van der Waals surface area contributed by atoms with Crippen molar-refractivity contribution >= 4 is 16.7 Å². The maximum atomic E-state index is 13.4. The highest BCUT2D eigenvalue weighted by Crippen LogP contribution is 2.40. The average Bonchev–Trinajstić information content (AvgIpc) is 3.07. The van der Waals surface area contributed by atoms with E-state index in [-0.39, 0.29) is 11.4 Å². The van der Waals surface area contributed by atoms with Crippen molar-refractivity contribution in [1.29, 1.82) is 0 Å². The fraction of sp³-hybridized carbons (Fsp3) is 0.435. The van der Waals surface area contributed by atoms with E-state index in [0.29, 0.717) is 5.69 Å². The van der Waals surface area contributed by atoms with Gasteiger partial charge in [-0.15, -0.1) is 0 Å². The number of fused-ring (bicyclic) bond motifs is 1. The lowest BCUT2D eigenvalue weighted by Gasteiger charge is -2.57. The van der Waals surface area contributed by atoms with Crippen molar-refractivity contribution in [1.82, 2.24) is 19.9 Å². The van der Waals surface area contributed by atoms with Crippen molar-refractivity contribution in [3.8, 4) is 0 Å². The zero-order valence-electron chi connectivity index (χ0n) is 17.0. The Balaban J connectivity index is 1.38. The lowest BCUT2D eigenvalue weighted by atomic mass is 9.77. The monoisotopic (exact) mass is 390 g/mol. The van der Waals surface area contributed by atoms with E-state index in [1.54, 1.807) is 6.20 Å².